The van der Waals surface area contributed by atoms with E-state index < -0.39 is 11.3 Å². The van der Waals surface area contributed by atoms with Crippen LogP contribution in [-0.4, -0.2) is 64.6 Å². The lowest BCUT2D eigenvalue weighted by Gasteiger charge is -2.36. The SMILES string of the molecule is O=[N+]([O-])c1cn2c(n1)OC(COc1ccc(N3CCN(Cc4ccc(Oc5ccc(OC(F)(F)F)cc5)cc4)CC3)cc1)CC2. The predicted octanol–water partition coefficient (Wildman–Crippen LogP) is 6.03. The van der Waals surface area contributed by atoms with Crippen LogP contribution in [0.3, 0.4) is 0 Å². The van der Waals surface area contributed by atoms with Crippen LogP contribution < -0.4 is 23.8 Å². The molecule has 0 N–H and O–H groups in total. The van der Waals surface area contributed by atoms with Crippen LogP contribution in [-0.2, 0) is 13.1 Å². The van der Waals surface area contributed by atoms with E-state index in [2.05, 4.69) is 19.5 Å². The Labute approximate surface area is 256 Å². The molecule has 2 aliphatic rings. The Balaban J connectivity index is 0.925. The van der Waals surface area contributed by atoms with Crippen molar-refractivity contribution in [2.45, 2.75) is 32.0 Å². The molecule has 4 aromatic rings. The number of fused-ring (bicyclic) bond motifs is 1. The minimum Gasteiger partial charge on any atom is -0.490 e. The van der Waals surface area contributed by atoms with Gasteiger partial charge in [0.1, 0.15) is 41.9 Å². The van der Waals surface area contributed by atoms with Crippen molar-refractivity contribution >= 4 is 11.5 Å². The fraction of sp³-hybridized carbons (Fsp3) is 0.323. The van der Waals surface area contributed by atoms with Crippen LogP contribution in [0.2, 0.25) is 0 Å². The lowest BCUT2D eigenvalue weighted by Crippen LogP contribution is -2.45. The van der Waals surface area contributed by atoms with E-state index in [1.807, 2.05) is 48.5 Å². The number of imidazole rings is 1. The zero-order chi connectivity index (χ0) is 31.4. The van der Waals surface area contributed by atoms with Gasteiger partial charge in [-0.15, -0.1) is 13.2 Å². The van der Waals surface area contributed by atoms with Crippen molar-refractivity contribution in [2.24, 2.45) is 0 Å². The Bertz CT molecular complexity index is 1590. The zero-order valence-electron chi connectivity index (χ0n) is 24.1. The van der Waals surface area contributed by atoms with Gasteiger partial charge >= 0.3 is 18.2 Å². The third kappa shape index (κ3) is 7.95. The summed E-state index contributed by atoms with van der Waals surface area (Å²) >= 11 is 0. The van der Waals surface area contributed by atoms with E-state index >= 15 is 0 Å². The summed E-state index contributed by atoms with van der Waals surface area (Å²) in [5.74, 6) is 1.20. The van der Waals surface area contributed by atoms with E-state index in [0.717, 1.165) is 49.7 Å². The van der Waals surface area contributed by atoms with Gasteiger partial charge in [-0.1, -0.05) is 12.1 Å². The molecule has 1 unspecified atom stereocenters. The number of halogens is 3. The second kappa shape index (κ2) is 12.9. The topological polar surface area (TPSA) is 104 Å². The van der Waals surface area contributed by atoms with Gasteiger partial charge in [0.15, 0.2) is 0 Å². The number of aromatic nitrogens is 2. The van der Waals surface area contributed by atoms with Crippen LogP contribution in [0.1, 0.15) is 12.0 Å². The van der Waals surface area contributed by atoms with Crippen molar-refractivity contribution in [1.29, 1.82) is 0 Å². The maximum atomic E-state index is 12.3. The molecule has 1 saturated heterocycles. The highest BCUT2D eigenvalue weighted by Gasteiger charge is 2.31. The van der Waals surface area contributed by atoms with Gasteiger partial charge in [-0.2, -0.15) is 0 Å². The number of rotatable bonds is 10. The molecule has 11 nitrogen and oxygen atoms in total. The molecule has 236 valence electrons. The number of piperazine rings is 1. The second-order valence-electron chi connectivity index (χ2n) is 10.7. The van der Waals surface area contributed by atoms with Crippen molar-refractivity contribution in [2.75, 3.05) is 37.7 Å². The van der Waals surface area contributed by atoms with Crippen molar-refractivity contribution < 1.29 is 37.0 Å². The van der Waals surface area contributed by atoms with Gasteiger partial charge in [0, 0.05) is 56.4 Å². The molecule has 0 radical (unpaired) electrons. The number of hydrogen-bond acceptors (Lipinski definition) is 9. The zero-order valence-corrected chi connectivity index (χ0v) is 24.1. The van der Waals surface area contributed by atoms with Gasteiger partial charge in [0.25, 0.3) is 0 Å². The molecule has 2 aliphatic heterocycles. The van der Waals surface area contributed by atoms with Crippen LogP contribution in [0.5, 0.6) is 29.0 Å². The van der Waals surface area contributed by atoms with E-state index in [1.54, 1.807) is 4.57 Å². The van der Waals surface area contributed by atoms with E-state index in [0.29, 0.717) is 31.1 Å². The monoisotopic (exact) mass is 625 g/mol. The molecular formula is C31H30F3N5O6. The molecule has 3 heterocycles. The molecule has 1 fully saturated rings. The van der Waals surface area contributed by atoms with E-state index in [4.69, 9.17) is 14.2 Å². The lowest BCUT2D eigenvalue weighted by atomic mass is 10.1. The Morgan fingerprint density at radius 1 is 0.867 bits per heavy atom. The molecule has 0 saturated carbocycles. The van der Waals surface area contributed by atoms with Crippen molar-refractivity contribution in [3.8, 4) is 29.0 Å². The number of benzene rings is 3. The quantitative estimate of drug-likeness (QED) is 0.154. The fourth-order valence-electron chi connectivity index (χ4n) is 5.21. The van der Waals surface area contributed by atoms with Crippen molar-refractivity contribution in [1.82, 2.24) is 14.5 Å². The Hall–Kier alpha value is -4.98. The van der Waals surface area contributed by atoms with Crippen LogP contribution in [0.4, 0.5) is 24.7 Å². The average Bonchev–Trinajstić information content (AvgIpc) is 3.46. The van der Waals surface area contributed by atoms with Crippen molar-refractivity contribution in [3.05, 3.63) is 94.7 Å². The molecule has 3 aromatic carbocycles. The number of nitro groups is 1. The third-order valence-corrected chi connectivity index (χ3v) is 7.51. The molecule has 0 aliphatic carbocycles. The molecule has 45 heavy (non-hydrogen) atoms. The first-order valence-corrected chi connectivity index (χ1v) is 14.4. The van der Waals surface area contributed by atoms with Crippen LogP contribution in [0.25, 0.3) is 0 Å². The number of alkyl halides is 3. The van der Waals surface area contributed by atoms with Gasteiger partial charge in [-0.25, -0.2) is 0 Å². The first-order valence-electron chi connectivity index (χ1n) is 14.4. The van der Waals surface area contributed by atoms with E-state index in [9.17, 15) is 23.3 Å². The van der Waals surface area contributed by atoms with Gasteiger partial charge in [-0.3, -0.25) is 9.47 Å². The Morgan fingerprint density at radius 3 is 2.13 bits per heavy atom. The second-order valence-corrected chi connectivity index (χ2v) is 10.7. The summed E-state index contributed by atoms with van der Waals surface area (Å²) in [7, 11) is 0. The van der Waals surface area contributed by atoms with Crippen LogP contribution in [0, 0.1) is 10.1 Å². The molecular weight excluding hydrogens is 595 g/mol. The average molecular weight is 626 g/mol. The first kappa shape index (κ1) is 30.1. The van der Waals surface area contributed by atoms with Crippen molar-refractivity contribution in [3.63, 3.8) is 0 Å². The fourth-order valence-corrected chi connectivity index (χ4v) is 5.21. The largest absolute Gasteiger partial charge is 0.573 e. The summed E-state index contributed by atoms with van der Waals surface area (Å²) in [5.41, 5.74) is 2.25. The third-order valence-electron chi connectivity index (χ3n) is 7.51. The van der Waals surface area contributed by atoms with E-state index in [1.165, 1.54) is 30.5 Å². The lowest BCUT2D eigenvalue weighted by molar-refractivity contribution is -0.389. The first-order chi connectivity index (χ1) is 21.7. The Kier molecular flexibility index (Phi) is 8.65. The molecule has 0 amide bonds. The molecule has 0 bridgehead atoms. The minimum atomic E-state index is -4.73. The number of ether oxygens (including phenoxy) is 4. The highest BCUT2D eigenvalue weighted by atomic mass is 19.4. The summed E-state index contributed by atoms with van der Waals surface area (Å²) in [6, 6.07) is 21.1. The summed E-state index contributed by atoms with van der Waals surface area (Å²) in [5, 5.41) is 10.9. The standard InChI is InChI=1S/C31H30F3N5O6/c32-31(33,34)45-27-11-9-26(10-12-27)43-25-5-1-22(2-6-25)19-36-15-17-37(18-16-36)23-3-7-24(8-4-23)42-21-28-13-14-38-20-29(39(40)41)35-30(38)44-28/h1-12,20,28H,13-19,21H2. The number of anilines is 1. The molecule has 1 aromatic heterocycles. The Morgan fingerprint density at radius 2 is 1.49 bits per heavy atom. The molecule has 0 spiro atoms. The number of aryl methyl sites for hydroxylation is 1. The summed E-state index contributed by atoms with van der Waals surface area (Å²) in [4.78, 5) is 19.1. The maximum Gasteiger partial charge on any atom is 0.573 e. The summed E-state index contributed by atoms with van der Waals surface area (Å²) < 4.78 is 60.0. The van der Waals surface area contributed by atoms with Gasteiger partial charge < -0.3 is 34.0 Å². The van der Waals surface area contributed by atoms with Crippen LogP contribution >= 0.6 is 0 Å². The van der Waals surface area contributed by atoms with Crippen LogP contribution in [0.15, 0.2) is 79.0 Å². The predicted molar refractivity (Wildman–Crippen MR) is 157 cm³/mol. The van der Waals surface area contributed by atoms with Gasteiger partial charge in [0.2, 0.25) is 0 Å². The highest BCUT2D eigenvalue weighted by Crippen LogP contribution is 2.29. The normalized spacial score (nSPS) is 16.9. The van der Waals surface area contributed by atoms with Gasteiger partial charge in [0.05, 0.1) is 0 Å². The molecule has 6 rings (SSSR count). The molecule has 1 atom stereocenters. The summed E-state index contributed by atoms with van der Waals surface area (Å²) in [6.45, 7) is 5.25. The summed E-state index contributed by atoms with van der Waals surface area (Å²) in [6.07, 6.45) is -2.92. The number of nitrogens with zero attached hydrogens (tertiary/aromatic N) is 5. The van der Waals surface area contributed by atoms with Gasteiger partial charge in [-0.05, 0) is 71.2 Å². The highest BCUT2D eigenvalue weighted by molar-refractivity contribution is 5.49. The van der Waals surface area contributed by atoms with E-state index in [-0.39, 0.29) is 23.7 Å². The molecule has 14 heteroatoms. The number of hydrogen-bond donors (Lipinski definition) is 0. The minimum absolute atomic E-state index is 0.224. The smallest absolute Gasteiger partial charge is 0.490 e. The maximum absolute atomic E-state index is 12.3.